The minimum atomic E-state index is -0.261. The molecule has 0 N–H and O–H groups in total. The molecule has 5 heteroatoms. The number of aryl methyl sites for hydroxylation is 1. The van der Waals surface area contributed by atoms with Gasteiger partial charge in [-0.3, -0.25) is 13.9 Å². The van der Waals surface area contributed by atoms with Crippen molar-refractivity contribution in [2.75, 3.05) is 0 Å². The molecular weight excluding hydrogens is 374 g/mol. The zero-order valence-corrected chi connectivity index (χ0v) is 17.6. The predicted molar refractivity (Wildman–Crippen MR) is 120 cm³/mol. The number of rotatable bonds is 8. The molecule has 0 saturated carbocycles. The van der Waals surface area contributed by atoms with Crippen LogP contribution in [0.4, 0.5) is 0 Å². The fourth-order valence-corrected chi connectivity index (χ4v) is 3.72. The van der Waals surface area contributed by atoms with Gasteiger partial charge in [0.05, 0.1) is 18.2 Å². The maximum Gasteiger partial charge on any atom is 0.331 e. The summed E-state index contributed by atoms with van der Waals surface area (Å²) in [7, 11) is 0. The van der Waals surface area contributed by atoms with Crippen molar-refractivity contribution in [3.8, 4) is 17.2 Å². The van der Waals surface area contributed by atoms with Crippen molar-refractivity contribution in [1.29, 1.82) is 5.26 Å². The average molecular weight is 402 g/mol. The first-order valence-corrected chi connectivity index (χ1v) is 10.5. The van der Waals surface area contributed by atoms with Crippen molar-refractivity contribution in [2.24, 2.45) is 0 Å². The molecule has 2 aromatic carbocycles. The molecule has 5 nitrogen and oxygen atoms in total. The Morgan fingerprint density at radius 2 is 1.60 bits per heavy atom. The molecule has 0 saturated heterocycles. The van der Waals surface area contributed by atoms with Gasteiger partial charge in [0.1, 0.15) is 0 Å². The number of unbranched alkanes of at least 4 members (excludes halogenated alkanes) is 1. The summed E-state index contributed by atoms with van der Waals surface area (Å²) in [6, 6.07) is 19.2. The van der Waals surface area contributed by atoms with E-state index in [0.717, 1.165) is 41.6 Å². The van der Waals surface area contributed by atoms with Crippen LogP contribution in [0.1, 0.15) is 49.9 Å². The van der Waals surface area contributed by atoms with Crippen molar-refractivity contribution < 1.29 is 0 Å². The van der Waals surface area contributed by atoms with Gasteiger partial charge in [-0.1, -0.05) is 69.2 Å². The van der Waals surface area contributed by atoms with Gasteiger partial charge in [0.2, 0.25) is 0 Å². The summed E-state index contributed by atoms with van der Waals surface area (Å²) >= 11 is 0. The van der Waals surface area contributed by atoms with Crippen LogP contribution in [0.15, 0.2) is 64.2 Å². The first-order valence-electron chi connectivity index (χ1n) is 10.5. The number of hydrogen-bond donors (Lipinski definition) is 0. The molecule has 3 aromatic rings. The Morgan fingerprint density at radius 1 is 0.900 bits per heavy atom. The van der Waals surface area contributed by atoms with Crippen molar-refractivity contribution in [1.82, 2.24) is 9.13 Å². The number of benzene rings is 2. The van der Waals surface area contributed by atoms with Crippen LogP contribution in [0.25, 0.3) is 11.1 Å². The third-order valence-electron chi connectivity index (χ3n) is 5.29. The van der Waals surface area contributed by atoms with Crippen molar-refractivity contribution >= 4 is 0 Å². The Balaban J connectivity index is 2.14. The Kier molecular flexibility index (Phi) is 7.03. The van der Waals surface area contributed by atoms with E-state index in [4.69, 9.17) is 0 Å². The van der Waals surface area contributed by atoms with E-state index in [9.17, 15) is 14.9 Å². The van der Waals surface area contributed by atoms with E-state index in [1.807, 2.05) is 56.3 Å². The lowest BCUT2D eigenvalue weighted by atomic mass is 9.95. The van der Waals surface area contributed by atoms with Crippen LogP contribution in [0.2, 0.25) is 0 Å². The molecule has 0 amide bonds. The molecule has 0 aliphatic heterocycles. The van der Waals surface area contributed by atoms with Gasteiger partial charge in [0.25, 0.3) is 5.56 Å². The highest BCUT2D eigenvalue weighted by Crippen LogP contribution is 2.27. The standard InChI is InChI=1S/C25H27N3O2/c1-3-5-15-27-24(29)16-21(10-4-2)28(25(27)30)18-20-12-7-9-14-23(20)22-13-8-6-11-19(22)17-26/h6-9,11-14,16H,3-5,10,15,18H2,1-2H3. The molecule has 0 unspecified atom stereocenters. The van der Waals surface area contributed by atoms with E-state index in [2.05, 4.69) is 6.07 Å². The second-order valence-electron chi connectivity index (χ2n) is 7.41. The summed E-state index contributed by atoms with van der Waals surface area (Å²) in [6.45, 7) is 4.86. The first kappa shape index (κ1) is 21.3. The summed E-state index contributed by atoms with van der Waals surface area (Å²) in [6.07, 6.45) is 3.21. The van der Waals surface area contributed by atoms with Crippen LogP contribution in [0.3, 0.4) is 0 Å². The molecule has 154 valence electrons. The molecule has 0 atom stereocenters. The van der Waals surface area contributed by atoms with Gasteiger partial charge in [0, 0.05) is 18.3 Å². The van der Waals surface area contributed by atoms with Gasteiger partial charge in [-0.25, -0.2) is 4.79 Å². The molecule has 0 aliphatic rings. The lowest BCUT2D eigenvalue weighted by molar-refractivity contribution is 0.531. The normalized spacial score (nSPS) is 10.7. The van der Waals surface area contributed by atoms with E-state index in [-0.39, 0.29) is 11.2 Å². The molecule has 0 bridgehead atoms. The molecule has 30 heavy (non-hydrogen) atoms. The van der Waals surface area contributed by atoms with Crippen LogP contribution < -0.4 is 11.2 Å². The highest BCUT2D eigenvalue weighted by molar-refractivity contribution is 5.73. The lowest BCUT2D eigenvalue weighted by Crippen LogP contribution is -2.41. The average Bonchev–Trinajstić information content (AvgIpc) is 2.76. The molecular formula is C25H27N3O2. The third kappa shape index (κ3) is 4.44. The van der Waals surface area contributed by atoms with E-state index in [1.54, 1.807) is 16.7 Å². The zero-order chi connectivity index (χ0) is 21.5. The van der Waals surface area contributed by atoms with E-state index < -0.39 is 0 Å². The SMILES string of the molecule is CCCCn1c(=O)cc(CCC)n(Cc2ccccc2-c2ccccc2C#N)c1=O. The molecule has 0 fully saturated rings. The molecule has 1 heterocycles. The van der Waals surface area contributed by atoms with E-state index in [1.165, 1.54) is 4.57 Å². The second kappa shape index (κ2) is 9.89. The predicted octanol–water partition coefficient (Wildman–Crippen LogP) is 4.35. The fraction of sp³-hybridized carbons (Fsp3) is 0.320. The Labute approximate surface area is 176 Å². The van der Waals surface area contributed by atoms with Gasteiger partial charge in [0.15, 0.2) is 0 Å². The van der Waals surface area contributed by atoms with Crippen molar-refractivity contribution in [3.05, 3.63) is 92.3 Å². The first-order chi connectivity index (χ1) is 14.6. The second-order valence-corrected chi connectivity index (χ2v) is 7.41. The van der Waals surface area contributed by atoms with Crippen LogP contribution in [-0.4, -0.2) is 9.13 Å². The molecule has 0 radical (unpaired) electrons. The largest absolute Gasteiger partial charge is 0.331 e. The van der Waals surface area contributed by atoms with Gasteiger partial charge < -0.3 is 0 Å². The maximum atomic E-state index is 13.2. The summed E-state index contributed by atoms with van der Waals surface area (Å²) < 4.78 is 3.06. The smallest absolute Gasteiger partial charge is 0.293 e. The van der Waals surface area contributed by atoms with Crippen molar-refractivity contribution in [3.63, 3.8) is 0 Å². The summed E-state index contributed by atoms with van der Waals surface area (Å²) in [5, 5.41) is 9.52. The van der Waals surface area contributed by atoms with Gasteiger partial charge in [-0.05, 0) is 35.6 Å². The highest BCUT2D eigenvalue weighted by Gasteiger charge is 2.14. The number of nitrogens with zero attached hydrogens (tertiary/aromatic N) is 3. The van der Waals surface area contributed by atoms with Crippen molar-refractivity contribution in [2.45, 2.75) is 52.6 Å². The van der Waals surface area contributed by atoms with Crippen LogP contribution >= 0.6 is 0 Å². The number of hydrogen-bond acceptors (Lipinski definition) is 3. The summed E-state index contributed by atoms with van der Waals surface area (Å²) in [4.78, 5) is 25.8. The van der Waals surface area contributed by atoms with Gasteiger partial charge in [-0.15, -0.1) is 0 Å². The van der Waals surface area contributed by atoms with E-state index in [0.29, 0.717) is 25.1 Å². The molecule has 0 spiro atoms. The highest BCUT2D eigenvalue weighted by atomic mass is 16.2. The van der Waals surface area contributed by atoms with Crippen LogP contribution in [-0.2, 0) is 19.5 Å². The van der Waals surface area contributed by atoms with Crippen LogP contribution in [0.5, 0.6) is 0 Å². The maximum absolute atomic E-state index is 13.2. The van der Waals surface area contributed by atoms with Crippen LogP contribution in [0, 0.1) is 11.3 Å². The minimum absolute atomic E-state index is 0.226. The monoisotopic (exact) mass is 401 g/mol. The summed E-state index contributed by atoms with van der Waals surface area (Å²) in [5.41, 5.74) is 3.58. The topological polar surface area (TPSA) is 67.8 Å². The number of aromatic nitrogens is 2. The summed E-state index contributed by atoms with van der Waals surface area (Å²) in [5.74, 6) is 0. The molecule has 0 aliphatic carbocycles. The minimum Gasteiger partial charge on any atom is -0.293 e. The number of nitriles is 1. The van der Waals surface area contributed by atoms with Gasteiger partial charge in [-0.2, -0.15) is 5.26 Å². The fourth-order valence-electron chi connectivity index (χ4n) is 3.72. The molecule has 3 rings (SSSR count). The quantitative estimate of drug-likeness (QED) is 0.563. The Morgan fingerprint density at radius 3 is 2.30 bits per heavy atom. The lowest BCUT2D eigenvalue weighted by Gasteiger charge is -2.17. The molecule has 1 aromatic heterocycles. The third-order valence-corrected chi connectivity index (χ3v) is 5.29. The van der Waals surface area contributed by atoms with E-state index >= 15 is 0 Å². The zero-order valence-electron chi connectivity index (χ0n) is 17.6. The Bertz CT molecular complexity index is 1180. The van der Waals surface area contributed by atoms with Gasteiger partial charge >= 0.3 is 5.69 Å². The Hall–Kier alpha value is -3.39.